The number of halogens is 1. The summed E-state index contributed by atoms with van der Waals surface area (Å²) in [7, 11) is 0. The van der Waals surface area contributed by atoms with Crippen LogP contribution in [0.1, 0.15) is 10.4 Å². The van der Waals surface area contributed by atoms with Gasteiger partial charge in [0.1, 0.15) is 11.4 Å². The highest BCUT2D eigenvalue weighted by Gasteiger charge is 2.14. The first kappa shape index (κ1) is 18.0. The van der Waals surface area contributed by atoms with Crippen molar-refractivity contribution in [1.82, 2.24) is 10.2 Å². The van der Waals surface area contributed by atoms with Crippen molar-refractivity contribution in [2.75, 3.05) is 11.9 Å². The number of carbonyl (C=O) groups is 2. The Balaban J connectivity index is 1.73. The summed E-state index contributed by atoms with van der Waals surface area (Å²) in [4.78, 5) is 24.3. The highest BCUT2D eigenvalue weighted by atomic mass is 79.9. The molecule has 2 heterocycles. The average Bonchev–Trinajstić information content (AvgIpc) is 3.07. The number of nitrogens with zero attached hydrogens (tertiary/aromatic N) is 2. The largest absolute Gasteiger partial charge is 0.483 e. The molecule has 3 rings (SSSR count). The zero-order chi connectivity index (χ0) is 18.5. The maximum atomic E-state index is 12.5. The van der Waals surface area contributed by atoms with Gasteiger partial charge in [0.05, 0.1) is 14.2 Å². The van der Waals surface area contributed by atoms with E-state index in [4.69, 9.17) is 10.5 Å². The number of ether oxygens (including phenoxy) is 1. The van der Waals surface area contributed by atoms with Crippen molar-refractivity contribution < 1.29 is 14.3 Å². The highest BCUT2D eigenvalue weighted by molar-refractivity contribution is 9.11. The Morgan fingerprint density at radius 2 is 1.92 bits per heavy atom. The van der Waals surface area contributed by atoms with Crippen LogP contribution in [0, 0.1) is 0 Å². The van der Waals surface area contributed by atoms with Crippen LogP contribution in [0.4, 0.5) is 5.82 Å². The van der Waals surface area contributed by atoms with Crippen molar-refractivity contribution in [3.63, 3.8) is 0 Å². The van der Waals surface area contributed by atoms with Crippen LogP contribution in [-0.2, 0) is 4.79 Å². The highest BCUT2D eigenvalue weighted by Crippen LogP contribution is 2.30. The summed E-state index contributed by atoms with van der Waals surface area (Å²) in [5, 5.41) is 10.8. The Labute approximate surface area is 161 Å². The van der Waals surface area contributed by atoms with E-state index >= 15 is 0 Å². The van der Waals surface area contributed by atoms with Crippen LogP contribution in [0.5, 0.6) is 5.75 Å². The number of anilines is 1. The molecule has 7 nitrogen and oxygen atoms in total. The molecule has 0 aliphatic rings. The monoisotopic (exact) mass is 432 g/mol. The van der Waals surface area contributed by atoms with E-state index in [9.17, 15) is 9.59 Å². The average molecular weight is 433 g/mol. The summed E-state index contributed by atoms with van der Waals surface area (Å²) in [5.41, 5.74) is 6.05. The van der Waals surface area contributed by atoms with E-state index in [-0.39, 0.29) is 17.9 Å². The van der Waals surface area contributed by atoms with E-state index < -0.39 is 11.8 Å². The van der Waals surface area contributed by atoms with E-state index in [0.717, 1.165) is 8.66 Å². The number of primary amides is 1. The van der Waals surface area contributed by atoms with E-state index in [0.29, 0.717) is 11.5 Å². The number of amides is 2. The molecule has 0 radical (unpaired) electrons. The number of hydrogen-bond donors (Lipinski definition) is 2. The summed E-state index contributed by atoms with van der Waals surface area (Å²) in [6.45, 7) is -0.310. The molecule has 0 aliphatic carbocycles. The van der Waals surface area contributed by atoms with Crippen LogP contribution in [0.25, 0.3) is 10.6 Å². The van der Waals surface area contributed by atoms with Gasteiger partial charge in [-0.05, 0) is 52.3 Å². The van der Waals surface area contributed by atoms with Crippen molar-refractivity contribution in [1.29, 1.82) is 0 Å². The molecule has 0 aliphatic heterocycles. The fraction of sp³-hybridized carbons (Fsp3) is 0.0588. The van der Waals surface area contributed by atoms with Crippen molar-refractivity contribution >= 4 is 44.9 Å². The lowest BCUT2D eigenvalue weighted by atomic mass is 10.2. The smallest absolute Gasteiger partial charge is 0.260 e. The minimum atomic E-state index is -0.623. The molecule has 0 bridgehead atoms. The maximum Gasteiger partial charge on any atom is 0.260 e. The first-order valence-electron chi connectivity index (χ1n) is 7.44. The van der Waals surface area contributed by atoms with Crippen LogP contribution in [-0.4, -0.2) is 28.6 Å². The minimum absolute atomic E-state index is 0.261. The van der Waals surface area contributed by atoms with E-state index in [2.05, 4.69) is 31.4 Å². The molecule has 0 fully saturated rings. The van der Waals surface area contributed by atoms with Crippen LogP contribution < -0.4 is 15.8 Å². The number of para-hydroxylation sites is 1. The normalized spacial score (nSPS) is 10.3. The quantitative estimate of drug-likeness (QED) is 0.621. The molecule has 132 valence electrons. The van der Waals surface area contributed by atoms with Crippen LogP contribution in [0.3, 0.4) is 0 Å². The molecule has 0 saturated heterocycles. The number of hydrogen-bond acceptors (Lipinski definition) is 6. The zero-order valence-electron chi connectivity index (χ0n) is 13.3. The van der Waals surface area contributed by atoms with Gasteiger partial charge in [0.2, 0.25) is 0 Å². The summed E-state index contributed by atoms with van der Waals surface area (Å²) in [5.74, 6) is -0.483. The Morgan fingerprint density at radius 3 is 2.58 bits per heavy atom. The van der Waals surface area contributed by atoms with Crippen LogP contribution in [0.2, 0.25) is 0 Å². The van der Waals surface area contributed by atoms with E-state index in [1.165, 1.54) is 11.3 Å². The standard InChI is InChI=1S/C17H13BrN4O3S/c18-14-7-6-13(26-14)11-5-8-16(22-21-11)20-17(24)10-3-1-2-4-12(10)25-9-15(19)23/h1-8H,9H2,(H2,19,23)(H,20,22,24). The third-order valence-electron chi connectivity index (χ3n) is 3.23. The lowest BCUT2D eigenvalue weighted by molar-refractivity contribution is -0.119. The van der Waals surface area contributed by atoms with Gasteiger partial charge < -0.3 is 15.8 Å². The molecule has 0 unspecified atom stereocenters. The topological polar surface area (TPSA) is 107 Å². The van der Waals surface area contributed by atoms with Crippen molar-refractivity contribution in [2.45, 2.75) is 0 Å². The predicted molar refractivity (Wildman–Crippen MR) is 102 cm³/mol. The fourth-order valence-corrected chi connectivity index (χ4v) is 3.45. The van der Waals surface area contributed by atoms with Gasteiger partial charge in [0, 0.05) is 0 Å². The predicted octanol–water partition coefficient (Wildman–Crippen LogP) is 3.08. The lowest BCUT2D eigenvalue weighted by Gasteiger charge is -2.10. The zero-order valence-corrected chi connectivity index (χ0v) is 15.7. The third kappa shape index (κ3) is 4.44. The van der Waals surface area contributed by atoms with Crippen molar-refractivity contribution in [3.05, 3.63) is 57.9 Å². The lowest BCUT2D eigenvalue weighted by Crippen LogP contribution is -2.21. The molecule has 9 heteroatoms. The molecule has 26 heavy (non-hydrogen) atoms. The summed E-state index contributed by atoms with van der Waals surface area (Å²) < 4.78 is 6.26. The molecule has 0 atom stereocenters. The van der Waals surface area contributed by atoms with Gasteiger partial charge in [-0.15, -0.1) is 21.5 Å². The molecule has 3 aromatic rings. The van der Waals surface area contributed by atoms with Gasteiger partial charge in [-0.3, -0.25) is 9.59 Å². The number of thiophene rings is 1. The maximum absolute atomic E-state index is 12.5. The summed E-state index contributed by atoms with van der Waals surface area (Å²) >= 11 is 4.94. The molecule has 2 amide bonds. The number of carbonyl (C=O) groups excluding carboxylic acids is 2. The molecule has 1 aromatic carbocycles. The van der Waals surface area contributed by atoms with Gasteiger partial charge in [0.25, 0.3) is 11.8 Å². The third-order valence-corrected chi connectivity index (χ3v) is 4.88. The Morgan fingerprint density at radius 1 is 1.12 bits per heavy atom. The minimum Gasteiger partial charge on any atom is -0.483 e. The Bertz CT molecular complexity index is 943. The molecular formula is C17H13BrN4O3S. The molecule has 2 aromatic heterocycles. The van der Waals surface area contributed by atoms with Gasteiger partial charge in [-0.1, -0.05) is 12.1 Å². The van der Waals surface area contributed by atoms with Crippen LogP contribution in [0.15, 0.2) is 52.3 Å². The van der Waals surface area contributed by atoms with E-state index in [1.54, 1.807) is 36.4 Å². The second-order valence-corrected chi connectivity index (χ2v) is 7.58. The second-order valence-electron chi connectivity index (χ2n) is 5.11. The number of nitrogens with two attached hydrogens (primary N) is 1. The van der Waals surface area contributed by atoms with Crippen LogP contribution >= 0.6 is 27.3 Å². The molecular weight excluding hydrogens is 420 g/mol. The SMILES string of the molecule is NC(=O)COc1ccccc1C(=O)Nc1ccc(-c2ccc(Br)s2)nn1. The second kappa shape index (κ2) is 8.07. The summed E-state index contributed by atoms with van der Waals surface area (Å²) in [6.07, 6.45) is 0. The van der Waals surface area contributed by atoms with E-state index in [1.807, 2.05) is 12.1 Å². The van der Waals surface area contributed by atoms with Crippen molar-refractivity contribution in [2.24, 2.45) is 5.73 Å². The molecule has 3 N–H and O–H groups in total. The number of aromatic nitrogens is 2. The van der Waals surface area contributed by atoms with Gasteiger partial charge >= 0.3 is 0 Å². The molecule has 0 saturated carbocycles. The fourth-order valence-electron chi connectivity index (χ4n) is 2.09. The first-order valence-corrected chi connectivity index (χ1v) is 9.05. The Hall–Kier alpha value is -2.78. The first-order chi connectivity index (χ1) is 12.5. The van der Waals surface area contributed by atoms with Gasteiger partial charge in [-0.25, -0.2) is 0 Å². The van der Waals surface area contributed by atoms with Gasteiger partial charge in [-0.2, -0.15) is 0 Å². The molecule has 0 spiro atoms. The number of rotatable bonds is 6. The van der Waals surface area contributed by atoms with Gasteiger partial charge in [0.15, 0.2) is 12.4 Å². The summed E-state index contributed by atoms with van der Waals surface area (Å²) in [6, 6.07) is 13.9. The number of benzene rings is 1. The van der Waals surface area contributed by atoms with Crippen molar-refractivity contribution in [3.8, 4) is 16.3 Å². The Kier molecular flexibility index (Phi) is 5.59. The number of nitrogens with one attached hydrogen (secondary N) is 1.